The maximum absolute atomic E-state index is 12.0. The van der Waals surface area contributed by atoms with Crippen molar-refractivity contribution in [2.24, 2.45) is 0 Å². The number of hydrogen-bond donors (Lipinski definition) is 0. The Balaban J connectivity index is 2.48. The number of hydrogen-bond acceptors (Lipinski definition) is 7. The third-order valence-electron chi connectivity index (χ3n) is 3.30. The van der Waals surface area contributed by atoms with E-state index in [1.54, 1.807) is 6.08 Å². The van der Waals surface area contributed by atoms with E-state index in [2.05, 4.69) is 36.7 Å². The third-order valence-corrected chi connectivity index (χ3v) is 4.09. The number of unbranched alkanes of at least 4 members (excludes halogenated alkanes) is 2. The Bertz CT molecular complexity index is 570. The molecule has 1 heterocycles. The lowest BCUT2D eigenvalue weighted by molar-refractivity contribution is -0.757. The lowest BCUT2D eigenvalue weighted by Gasteiger charge is -2.16. The molecule has 0 amide bonds. The standard InChI is InChI=1S/C15H19Br2NO7/c1-2-6-11(10-9-12(14(16)17)25-15(10)20)24-13(19)7-4-3-5-8-23-18(21)22/h9,11H,2-8H2,1H3. The number of halogens is 2. The number of cyclic esters (lactones) is 1. The van der Waals surface area contributed by atoms with Crippen molar-refractivity contribution in [3.05, 3.63) is 30.9 Å². The van der Waals surface area contributed by atoms with Gasteiger partial charge in [-0.05, 0) is 57.2 Å². The molecular formula is C15H19Br2NO7. The molecule has 25 heavy (non-hydrogen) atoms. The summed E-state index contributed by atoms with van der Waals surface area (Å²) in [6.45, 7) is 1.93. The van der Waals surface area contributed by atoms with Gasteiger partial charge in [0.1, 0.15) is 9.50 Å². The van der Waals surface area contributed by atoms with Crippen LogP contribution < -0.4 is 0 Å². The first-order chi connectivity index (χ1) is 11.8. The molecule has 140 valence electrons. The average molecular weight is 485 g/mol. The maximum Gasteiger partial charge on any atom is 0.343 e. The number of carbonyl (C=O) groups excluding carboxylic acids is 2. The van der Waals surface area contributed by atoms with Crippen molar-refractivity contribution in [2.45, 2.75) is 51.6 Å². The average Bonchev–Trinajstić information content (AvgIpc) is 2.92. The predicted molar refractivity (Wildman–Crippen MR) is 95.3 cm³/mol. The van der Waals surface area contributed by atoms with Crippen molar-refractivity contribution in [1.82, 2.24) is 0 Å². The maximum atomic E-state index is 12.0. The second-order valence-electron chi connectivity index (χ2n) is 5.25. The smallest absolute Gasteiger partial charge is 0.343 e. The molecule has 0 aliphatic carbocycles. The second kappa shape index (κ2) is 11.2. The number of carbonyl (C=O) groups is 2. The Morgan fingerprint density at radius 2 is 2.08 bits per heavy atom. The van der Waals surface area contributed by atoms with Gasteiger partial charge in [0.2, 0.25) is 0 Å². The molecule has 0 saturated heterocycles. The van der Waals surface area contributed by atoms with E-state index in [0.717, 1.165) is 6.42 Å². The van der Waals surface area contributed by atoms with Crippen molar-refractivity contribution in [3.63, 3.8) is 0 Å². The van der Waals surface area contributed by atoms with Crippen LogP contribution in [-0.4, -0.2) is 29.7 Å². The first-order valence-electron chi connectivity index (χ1n) is 7.81. The summed E-state index contributed by atoms with van der Waals surface area (Å²) >= 11 is 6.35. The van der Waals surface area contributed by atoms with Crippen molar-refractivity contribution in [1.29, 1.82) is 0 Å². The van der Waals surface area contributed by atoms with Gasteiger partial charge in [-0.1, -0.05) is 19.8 Å². The van der Waals surface area contributed by atoms with Crippen molar-refractivity contribution >= 4 is 43.8 Å². The van der Waals surface area contributed by atoms with Crippen LogP contribution in [0.1, 0.15) is 45.4 Å². The number of rotatable bonds is 11. The van der Waals surface area contributed by atoms with Gasteiger partial charge in [0, 0.05) is 6.42 Å². The normalized spacial score (nSPS) is 14.6. The van der Waals surface area contributed by atoms with Crippen molar-refractivity contribution < 1.29 is 29.0 Å². The molecule has 0 saturated carbocycles. The van der Waals surface area contributed by atoms with Crippen LogP contribution in [0.4, 0.5) is 0 Å². The van der Waals surface area contributed by atoms with Crippen LogP contribution in [0, 0.1) is 10.1 Å². The van der Waals surface area contributed by atoms with E-state index in [1.165, 1.54) is 0 Å². The number of esters is 2. The van der Waals surface area contributed by atoms with Crippen LogP contribution in [0.25, 0.3) is 0 Å². The third kappa shape index (κ3) is 8.00. The number of allylic oxidation sites excluding steroid dienone is 1. The van der Waals surface area contributed by atoms with Gasteiger partial charge < -0.3 is 14.3 Å². The molecule has 0 aromatic heterocycles. The summed E-state index contributed by atoms with van der Waals surface area (Å²) in [7, 11) is 0. The Hall–Kier alpha value is -1.42. The van der Waals surface area contributed by atoms with Crippen LogP contribution in [0.2, 0.25) is 0 Å². The van der Waals surface area contributed by atoms with Crippen LogP contribution in [0.15, 0.2) is 20.8 Å². The largest absolute Gasteiger partial charge is 0.457 e. The Morgan fingerprint density at radius 1 is 1.36 bits per heavy atom. The summed E-state index contributed by atoms with van der Waals surface area (Å²) in [5.74, 6) is -0.616. The van der Waals surface area contributed by atoms with E-state index in [4.69, 9.17) is 9.47 Å². The van der Waals surface area contributed by atoms with E-state index in [-0.39, 0.29) is 13.0 Å². The Labute approximate surface area is 161 Å². The molecule has 10 heteroatoms. The number of ether oxygens (including phenoxy) is 2. The highest BCUT2D eigenvalue weighted by Gasteiger charge is 2.31. The van der Waals surface area contributed by atoms with Gasteiger partial charge in [-0.3, -0.25) is 4.79 Å². The van der Waals surface area contributed by atoms with E-state index in [1.807, 2.05) is 6.92 Å². The highest BCUT2D eigenvalue weighted by Crippen LogP contribution is 2.30. The van der Waals surface area contributed by atoms with Gasteiger partial charge in [-0.2, -0.15) is 0 Å². The molecule has 1 unspecified atom stereocenters. The fraction of sp³-hybridized carbons (Fsp3) is 0.600. The fourth-order valence-electron chi connectivity index (χ4n) is 2.15. The molecule has 0 N–H and O–H groups in total. The molecule has 0 radical (unpaired) electrons. The predicted octanol–water partition coefficient (Wildman–Crippen LogP) is 3.91. The molecule has 1 aliphatic rings. The monoisotopic (exact) mass is 483 g/mol. The minimum absolute atomic E-state index is 0.00969. The molecule has 1 atom stereocenters. The SMILES string of the molecule is CCCC(OC(=O)CCCCCO[N+](=O)[O-])C1=CC(=C(Br)Br)OC1=O. The molecular weight excluding hydrogens is 466 g/mol. The lowest BCUT2D eigenvalue weighted by Crippen LogP contribution is -2.23. The Morgan fingerprint density at radius 3 is 2.64 bits per heavy atom. The first kappa shape index (κ1) is 21.6. The van der Waals surface area contributed by atoms with Crippen LogP contribution in [0.5, 0.6) is 0 Å². The second-order valence-corrected chi connectivity index (χ2v) is 7.90. The van der Waals surface area contributed by atoms with Crippen LogP contribution in [0.3, 0.4) is 0 Å². The molecule has 0 aromatic rings. The van der Waals surface area contributed by atoms with Gasteiger partial charge in [-0.25, -0.2) is 4.79 Å². The Kier molecular flexibility index (Phi) is 9.73. The van der Waals surface area contributed by atoms with Gasteiger partial charge in [0.25, 0.3) is 5.09 Å². The van der Waals surface area contributed by atoms with E-state index in [9.17, 15) is 19.7 Å². The number of nitrogens with zero attached hydrogens (tertiary/aromatic N) is 1. The first-order valence-corrected chi connectivity index (χ1v) is 9.39. The zero-order valence-corrected chi connectivity index (χ0v) is 16.8. The zero-order valence-electron chi connectivity index (χ0n) is 13.7. The molecule has 1 rings (SSSR count). The summed E-state index contributed by atoms with van der Waals surface area (Å²) in [4.78, 5) is 38.1. The van der Waals surface area contributed by atoms with E-state index < -0.39 is 23.1 Å². The van der Waals surface area contributed by atoms with Crippen LogP contribution in [-0.2, 0) is 23.9 Å². The molecule has 0 bridgehead atoms. The molecule has 0 aromatic carbocycles. The molecule has 0 spiro atoms. The summed E-state index contributed by atoms with van der Waals surface area (Å²) in [5, 5.41) is 9.16. The topological polar surface area (TPSA) is 105 Å². The van der Waals surface area contributed by atoms with Gasteiger partial charge >= 0.3 is 11.9 Å². The minimum atomic E-state index is -0.841. The van der Waals surface area contributed by atoms with Gasteiger partial charge in [0.15, 0.2) is 5.76 Å². The van der Waals surface area contributed by atoms with E-state index in [0.29, 0.717) is 40.4 Å². The summed E-state index contributed by atoms with van der Waals surface area (Å²) in [5.41, 5.74) is 0.306. The zero-order chi connectivity index (χ0) is 18.8. The minimum Gasteiger partial charge on any atom is -0.457 e. The highest BCUT2D eigenvalue weighted by molar-refractivity contribution is 9.28. The highest BCUT2D eigenvalue weighted by atomic mass is 79.9. The van der Waals surface area contributed by atoms with Crippen molar-refractivity contribution in [3.8, 4) is 0 Å². The molecule has 0 fully saturated rings. The van der Waals surface area contributed by atoms with Crippen LogP contribution >= 0.6 is 31.9 Å². The fourth-order valence-corrected chi connectivity index (χ4v) is 2.54. The van der Waals surface area contributed by atoms with Gasteiger partial charge in [-0.15, -0.1) is 10.1 Å². The molecule has 8 nitrogen and oxygen atoms in total. The van der Waals surface area contributed by atoms with Crippen molar-refractivity contribution in [2.75, 3.05) is 6.61 Å². The van der Waals surface area contributed by atoms with E-state index >= 15 is 0 Å². The van der Waals surface area contributed by atoms with Gasteiger partial charge in [0.05, 0.1) is 12.2 Å². The summed E-state index contributed by atoms with van der Waals surface area (Å²) < 4.78 is 11.0. The quantitative estimate of drug-likeness (QED) is 0.189. The molecule has 1 aliphatic heterocycles. The summed E-state index contributed by atoms with van der Waals surface area (Å²) in [6, 6.07) is 0. The lowest BCUT2D eigenvalue weighted by atomic mass is 10.1. The summed E-state index contributed by atoms with van der Waals surface area (Å²) in [6.07, 6.45) is 3.93.